The number of rotatable bonds is 5. The highest BCUT2D eigenvalue weighted by atomic mass is 16.1. The molecular formula is C19H31N5O. The van der Waals surface area contributed by atoms with Gasteiger partial charge in [-0.3, -0.25) is 9.79 Å². The summed E-state index contributed by atoms with van der Waals surface area (Å²) in [5, 5.41) is 6.19. The molecule has 0 radical (unpaired) electrons. The zero-order chi connectivity index (χ0) is 18.2. The monoisotopic (exact) mass is 345 g/mol. The summed E-state index contributed by atoms with van der Waals surface area (Å²) in [6.07, 6.45) is 1.62. The highest BCUT2D eigenvalue weighted by molar-refractivity contribution is 5.90. The van der Waals surface area contributed by atoms with Crippen molar-refractivity contribution in [2.45, 2.75) is 40.5 Å². The minimum atomic E-state index is -0.0573. The Morgan fingerprint density at radius 3 is 2.68 bits per heavy atom. The molecule has 1 aromatic heterocycles. The summed E-state index contributed by atoms with van der Waals surface area (Å²) >= 11 is 0. The van der Waals surface area contributed by atoms with Crippen molar-refractivity contribution in [2.75, 3.05) is 31.5 Å². The highest BCUT2D eigenvalue weighted by Gasteiger charge is 2.23. The fourth-order valence-corrected chi connectivity index (χ4v) is 3.34. The minimum Gasteiger partial charge on any atom is -0.357 e. The summed E-state index contributed by atoms with van der Waals surface area (Å²) in [5.41, 5.74) is 0.888. The second kappa shape index (κ2) is 9.39. The van der Waals surface area contributed by atoms with Crippen LogP contribution < -0.4 is 10.6 Å². The molecule has 2 heterocycles. The summed E-state index contributed by atoms with van der Waals surface area (Å²) in [7, 11) is 0. The number of hydrogen-bond acceptors (Lipinski definition) is 3. The first kappa shape index (κ1) is 19.2. The maximum Gasteiger partial charge on any atom is 0.227 e. The van der Waals surface area contributed by atoms with Crippen LogP contribution in [0.25, 0.3) is 0 Å². The van der Waals surface area contributed by atoms with E-state index in [0.29, 0.717) is 30.6 Å². The van der Waals surface area contributed by atoms with Gasteiger partial charge in [0, 0.05) is 31.7 Å². The van der Waals surface area contributed by atoms with E-state index in [1.165, 1.54) is 6.42 Å². The quantitative estimate of drug-likeness (QED) is 0.636. The first-order valence-electron chi connectivity index (χ1n) is 9.24. The molecule has 138 valence electrons. The maximum atomic E-state index is 12.1. The number of hydrogen-bond donors (Lipinski definition) is 2. The molecule has 25 heavy (non-hydrogen) atoms. The van der Waals surface area contributed by atoms with Crippen LogP contribution in [0.5, 0.6) is 0 Å². The molecule has 1 amide bonds. The average Bonchev–Trinajstić information content (AvgIpc) is 2.53. The first-order valence-corrected chi connectivity index (χ1v) is 9.24. The number of pyridine rings is 1. The number of aryl methyl sites for hydroxylation is 1. The number of nitrogens with zero attached hydrogens (tertiary/aromatic N) is 3. The standard InChI is InChI=1S/C19H31N5O/c1-5-20-19(24-12-14(2)11-15(3)13-24)21-10-9-18(25)23-17-8-6-7-16(4)22-17/h6-8,14-15H,5,9-13H2,1-4H3,(H,20,21)(H,22,23,25). The summed E-state index contributed by atoms with van der Waals surface area (Å²) in [6.45, 7) is 11.9. The lowest BCUT2D eigenvalue weighted by molar-refractivity contribution is -0.116. The van der Waals surface area contributed by atoms with E-state index in [4.69, 9.17) is 0 Å². The van der Waals surface area contributed by atoms with E-state index < -0.39 is 0 Å². The zero-order valence-electron chi connectivity index (χ0n) is 15.9. The van der Waals surface area contributed by atoms with Crippen LogP contribution in [-0.4, -0.2) is 47.9 Å². The lowest BCUT2D eigenvalue weighted by Gasteiger charge is -2.37. The van der Waals surface area contributed by atoms with Crippen molar-refractivity contribution >= 4 is 17.7 Å². The summed E-state index contributed by atoms with van der Waals surface area (Å²) < 4.78 is 0. The molecule has 0 bridgehead atoms. The number of guanidine groups is 1. The van der Waals surface area contributed by atoms with Gasteiger partial charge in [0.1, 0.15) is 5.82 Å². The van der Waals surface area contributed by atoms with Crippen molar-refractivity contribution in [3.63, 3.8) is 0 Å². The fraction of sp³-hybridized carbons (Fsp3) is 0.632. The molecule has 2 unspecified atom stereocenters. The molecular weight excluding hydrogens is 314 g/mol. The molecule has 2 N–H and O–H groups in total. The van der Waals surface area contributed by atoms with Gasteiger partial charge in [0.25, 0.3) is 0 Å². The van der Waals surface area contributed by atoms with Gasteiger partial charge < -0.3 is 15.5 Å². The zero-order valence-corrected chi connectivity index (χ0v) is 15.9. The number of amides is 1. The lowest BCUT2D eigenvalue weighted by atomic mass is 9.92. The van der Waals surface area contributed by atoms with Crippen molar-refractivity contribution in [1.82, 2.24) is 15.2 Å². The highest BCUT2D eigenvalue weighted by Crippen LogP contribution is 2.20. The van der Waals surface area contributed by atoms with Crippen LogP contribution >= 0.6 is 0 Å². The van der Waals surface area contributed by atoms with Gasteiger partial charge in [-0.25, -0.2) is 4.98 Å². The molecule has 6 nitrogen and oxygen atoms in total. The second-order valence-corrected chi connectivity index (χ2v) is 7.05. The minimum absolute atomic E-state index is 0.0573. The molecule has 2 rings (SSSR count). The number of aliphatic imine (C=N–C) groups is 1. The van der Waals surface area contributed by atoms with Crippen molar-refractivity contribution in [3.05, 3.63) is 23.9 Å². The van der Waals surface area contributed by atoms with Gasteiger partial charge in [-0.1, -0.05) is 19.9 Å². The number of carbonyl (C=O) groups excluding carboxylic acids is 1. The van der Waals surface area contributed by atoms with E-state index in [1.54, 1.807) is 6.07 Å². The molecule has 0 saturated carbocycles. The second-order valence-electron chi connectivity index (χ2n) is 7.05. The van der Waals surface area contributed by atoms with Gasteiger partial charge in [0.15, 0.2) is 5.96 Å². The Hall–Kier alpha value is -2.11. The molecule has 2 atom stereocenters. The number of anilines is 1. The van der Waals surface area contributed by atoms with Crippen LogP contribution in [0.1, 0.15) is 39.3 Å². The molecule has 1 aliphatic rings. The largest absolute Gasteiger partial charge is 0.357 e. The van der Waals surface area contributed by atoms with Crippen molar-refractivity contribution in [1.29, 1.82) is 0 Å². The van der Waals surface area contributed by atoms with Gasteiger partial charge in [0.05, 0.1) is 6.54 Å². The van der Waals surface area contributed by atoms with Gasteiger partial charge in [0.2, 0.25) is 5.91 Å². The predicted octanol–water partition coefficient (Wildman–Crippen LogP) is 2.66. The molecule has 6 heteroatoms. The number of likely N-dealkylation sites (tertiary alicyclic amines) is 1. The van der Waals surface area contributed by atoms with E-state index in [9.17, 15) is 4.79 Å². The van der Waals surface area contributed by atoms with Crippen LogP contribution in [0.15, 0.2) is 23.2 Å². The number of piperidine rings is 1. The molecule has 0 spiro atoms. The van der Waals surface area contributed by atoms with E-state index in [1.807, 2.05) is 19.1 Å². The normalized spacial score (nSPS) is 21.1. The lowest BCUT2D eigenvalue weighted by Crippen LogP contribution is -2.48. The Morgan fingerprint density at radius 2 is 2.04 bits per heavy atom. The third-order valence-corrected chi connectivity index (χ3v) is 4.26. The van der Waals surface area contributed by atoms with Crippen molar-refractivity contribution in [2.24, 2.45) is 16.8 Å². The fourth-order valence-electron chi connectivity index (χ4n) is 3.34. The molecule has 0 aliphatic carbocycles. The number of aromatic nitrogens is 1. The van der Waals surface area contributed by atoms with Crippen LogP contribution in [0.4, 0.5) is 5.82 Å². The Kier molecular flexibility index (Phi) is 7.22. The molecule has 1 fully saturated rings. The summed E-state index contributed by atoms with van der Waals surface area (Å²) in [4.78, 5) is 23.4. The van der Waals surface area contributed by atoms with Crippen LogP contribution in [-0.2, 0) is 4.79 Å². The smallest absolute Gasteiger partial charge is 0.227 e. The van der Waals surface area contributed by atoms with E-state index in [2.05, 4.69) is 46.3 Å². The Bertz CT molecular complexity index is 591. The number of nitrogens with one attached hydrogen (secondary N) is 2. The van der Waals surface area contributed by atoms with E-state index in [0.717, 1.165) is 31.3 Å². The van der Waals surface area contributed by atoms with Crippen molar-refractivity contribution in [3.8, 4) is 0 Å². The van der Waals surface area contributed by atoms with E-state index >= 15 is 0 Å². The number of carbonyl (C=O) groups is 1. The Balaban J connectivity index is 1.89. The summed E-state index contributed by atoms with van der Waals surface area (Å²) in [5.74, 6) is 2.80. The Morgan fingerprint density at radius 1 is 1.32 bits per heavy atom. The van der Waals surface area contributed by atoms with Crippen LogP contribution in [0.3, 0.4) is 0 Å². The summed E-state index contributed by atoms with van der Waals surface area (Å²) in [6, 6.07) is 5.59. The third kappa shape index (κ3) is 6.36. The van der Waals surface area contributed by atoms with Gasteiger partial charge in [-0.05, 0) is 44.2 Å². The average molecular weight is 345 g/mol. The van der Waals surface area contributed by atoms with Gasteiger partial charge in [-0.2, -0.15) is 0 Å². The molecule has 1 aromatic rings. The van der Waals surface area contributed by atoms with Gasteiger partial charge in [-0.15, -0.1) is 0 Å². The predicted molar refractivity (Wildman–Crippen MR) is 103 cm³/mol. The molecule has 0 aromatic carbocycles. The molecule has 1 aliphatic heterocycles. The van der Waals surface area contributed by atoms with Gasteiger partial charge >= 0.3 is 0 Å². The maximum absolute atomic E-state index is 12.1. The first-order chi connectivity index (χ1) is 12.0. The Labute approximate surface area is 151 Å². The van der Waals surface area contributed by atoms with Crippen LogP contribution in [0.2, 0.25) is 0 Å². The molecule has 1 saturated heterocycles. The van der Waals surface area contributed by atoms with E-state index in [-0.39, 0.29) is 5.91 Å². The SMILES string of the molecule is CCNC(=NCCC(=O)Nc1cccc(C)n1)N1CC(C)CC(C)C1. The van der Waals surface area contributed by atoms with Crippen molar-refractivity contribution < 1.29 is 4.79 Å². The third-order valence-electron chi connectivity index (χ3n) is 4.26. The topological polar surface area (TPSA) is 69.6 Å². The van der Waals surface area contributed by atoms with Crippen LogP contribution in [0, 0.1) is 18.8 Å².